The van der Waals surface area contributed by atoms with Crippen LogP contribution < -0.4 is 5.32 Å². The van der Waals surface area contributed by atoms with E-state index in [9.17, 15) is 8.78 Å². The third-order valence-corrected chi connectivity index (χ3v) is 1.04. The van der Waals surface area contributed by atoms with E-state index in [0.29, 0.717) is 5.57 Å². The number of nitrogens with one attached hydrogen (secondary N) is 1. The molecule has 0 aromatic rings. The van der Waals surface area contributed by atoms with Crippen molar-refractivity contribution < 1.29 is 8.78 Å². The number of halogens is 2. The molecule has 0 saturated carbocycles. The lowest BCUT2D eigenvalue weighted by Crippen LogP contribution is -2.22. The number of hydrogen-bond donors (Lipinski definition) is 1. The van der Waals surface area contributed by atoms with E-state index in [2.05, 4.69) is 4.99 Å². The molecule has 1 aliphatic rings. The van der Waals surface area contributed by atoms with Crippen LogP contribution in [0.1, 0.15) is 6.92 Å². The molecule has 0 aliphatic carbocycles. The topological polar surface area (TPSA) is 24.4 Å². The standard InChI is InChI=1S/C5H6F2N2/c1-3-2-8-5(7)9-4(3)6/h2H2,1H3,(H,8,9). The highest BCUT2D eigenvalue weighted by molar-refractivity contribution is 5.75. The van der Waals surface area contributed by atoms with Crippen molar-refractivity contribution in [3.8, 4) is 0 Å². The minimum atomic E-state index is -0.849. The Balaban J connectivity index is 2.70. The Morgan fingerprint density at radius 2 is 2.22 bits per heavy atom. The number of nitrogens with zero attached hydrogens (tertiary/aromatic N) is 1. The molecule has 2 nitrogen and oxygen atoms in total. The maximum atomic E-state index is 12.3. The lowest BCUT2D eigenvalue weighted by Gasteiger charge is -2.07. The molecule has 0 amide bonds. The van der Waals surface area contributed by atoms with Gasteiger partial charge in [-0.25, -0.2) is 4.99 Å². The van der Waals surface area contributed by atoms with Crippen molar-refractivity contribution in [1.29, 1.82) is 0 Å². The van der Waals surface area contributed by atoms with Crippen LogP contribution in [0.3, 0.4) is 0 Å². The molecule has 0 aromatic heterocycles. The van der Waals surface area contributed by atoms with Crippen LogP contribution in [0, 0.1) is 0 Å². The Kier molecular flexibility index (Phi) is 1.46. The van der Waals surface area contributed by atoms with Crippen molar-refractivity contribution >= 4 is 6.09 Å². The highest BCUT2D eigenvalue weighted by Crippen LogP contribution is 2.07. The molecule has 1 N–H and O–H groups in total. The monoisotopic (exact) mass is 132 g/mol. The van der Waals surface area contributed by atoms with E-state index in [1.165, 1.54) is 0 Å². The zero-order valence-electron chi connectivity index (χ0n) is 4.91. The third kappa shape index (κ3) is 1.25. The first-order chi connectivity index (χ1) is 4.20. The van der Waals surface area contributed by atoms with E-state index >= 15 is 0 Å². The Bertz CT molecular complexity index is 183. The summed E-state index contributed by atoms with van der Waals surface area (Å²) in [6, 6.07) is 0. The molecule has 9 heavy (non-hydrogen) atoms. The van der Waals surface area contributed by atoms with Gasteiger partial charge in [0, 0.05) is 5.57 Å². The van der Waals surface area contributed by atoms with Crippen molar-refractivity contribution in [2.45, 2.75) is 6.92 Å². The van der Waals surface area contributed by atoms with E-state index < -0.39 is 12.0 Å². The van der Waals surface area contributed by atoms with Gasteiger partial charge in [-0.1, -0.05) is 0 Å². The molecule has 0 fully saturated rings. The normalized spacial score (nSPS) is 19.2. The molecule has 0 radical (unpaired) electrons. The Hall–Kier alpha value is -0.930. The Morgan fingerprint density at radius 1 is 1.56 bits per heavy atom. The molecule has 0 aromatic carbocycles. The second kappa shape index (κ2) is 2.13. The van der Waals surface area contributed by atoms with Crippen molar-refractivity contribution in [3.63, 3.8) is 0 Å². The summed E-state index contributed by atoms with van der Waals surface area (Å²) in [6.45, 7) is 1.67. The zero-order chi connectivity index (χ0) is 6.85. The molecule has 4 heteroatoms. The average molecular weight is 132 g/mol. The number of hydrogen-bond acceptors (Lipinski definition) is 2. The zero-order valence-corrected chi connectivity index (χ0v) is 4.91. The summed E-state index contributed by atoms with van der Waals surface area (Å²) >= 11 is 0. The van der Waals surface area contributed by atoms with Crippen LogP contribution in [0.5, 0.6) is 0 Å². The lowest BCUT2D eigenvalue weighted by atomic mass is 10.3. The smallest absolute Gasteiger partial charge is 0.284 e. The van der Waals surface area contributed by atoms with Crippen LogP contribution in [0.4, 0.5) is 8.78 Å². The van der Waals surface area contributed by atoms with Crippen LogP contribution in [0.15, 0.2) is 16.5 Å². The fourth-order valence-corrected chi connectivity index (χ4v) is 0.494. The fourth-order valence-electron chi connectivity index (χ4n) is 0.494. The second-order valence-electron chi connectivity index (χ2n) is 1.83. The first-order valence-corrected chi connectivity index (χ1v) is 2.52. The molecule has 0 bridgehead atoms. The van der Waals surface area contributed by atoms with E-state index in [-0.39, 0.29) is 6.54 Å². The van der Waals surface area contributed by atoms with E-state index in [1.54, 1.807) is 6.92 Å². The quantitative estimate of drug-likeness (QED) is 0.490. The SMILES string of the molecule is CC1=C(F)NC(F)=NC1. The van der Waals surface area contributed by atoms with Gasteiger partial charge in [-0.05, 0) is 6.92 Å². The summed E-state index contributed by atoms with van der Waals surface area (Å²) < 4.78 is 24.2. The van der Waals surface area contributed by atoms with Crippen molar-refractivity contribution in [1.82, 2.24) is 5.32 Å². The van der Waals surface area contributed by atoms with Gasteiger partial charge in [-0.15, -0.1) is 0 Å². The van der Waals surface area contributed by atoms with Crippen molar-refractivity contribution in [2.75, 3.05) is 6.54 Å². The predicted molar refractivity (Wildman–Crippen MR) is 30.4 cm³/mol. The van der Waals surface area contributed by atoms with Crippen LogP contribution in [0.25, 0.3) is 0 Å². The van der Waals surface area contributed by atoms with Gasteiger partial charge in [-0.2, -0.15) is 8.78 Å². The first-order valence-electron chi connectivity index (χ1n) is 2.52. The molecule has 1 heterocycles. The average Bonchev–Trinajstić information content (AvgIpc) is 1.80. The number of rotatable bonds is 0. The van der Waals surface area contributed by atoms with E-state index in [1.807, 2.05) is 5.32 Å². The van der Waals surface area contributed by atoms with Gasteiger partial charge in [-0.3, -0.25) is 5.32 Å². The summed E-state index contributed by atoms with van der Waals surface area (Å²) in [5.74, 6) is -0.623. The van der Waals surface area contributed by atoms with E-state index in [0.717, 1.165) is 0 Å². The minimum absolute atomic E-state index is 0.116. The molecule has 1 aliphatic heterocycles. The fraction of sp³-hybridized carbons (Fsp3) is 0.400. The van der Waals surface area contributed by atoms with Gasteiger partial charge in [0.05, 0.1) is 6.54 Å². The van der Waals surface area contributed by atoms with Crippen LogP contribution in [-0.2, 0) is 0 Å². The third-order valence-electron chi connectivity index (χ3n) is 1.04. The summed E-state index contributed by atoms with van der Waals surface area (Å²) in [5, 5.41) is 1.83. The molecular weight excluding hydrogens is 126 g/mol. The lowest BCUT2D eigenvalue weighted by molar-refractivity contribution is 0.549. The molecule has 1 rings (SSSR count). The Morgan fingerprint density at radius 3 is 2.67 bits per heavy atom. The maximum absolute atomic E-state index is 12.3. The Labute approximate surface area is 51.3 Å². The van der Waals surface area contributed by atoms with Gasteiger partial charge in [0.25, 0.3) is 6.09 Å². The van der Waals surface area contributed by atoms with Crippen molar-refractivity contribution in [2.24, 2.45) is 4.99 Å². The minimum Gasteiger partial charge on any atom is -0.292 e. The highest BCUT2D eigenvalue weighted by atomic mass is 19.1. The summed E-state index contributed by atoms with van der Waals surface area (Å²) in [5.41, 5.74) is 0.427. The molecule has 0 unspecified atom stereocenters. The predicted octanol–water partition coefficient (Wildman–Crippen LogP) is 1.12. The summed E-state index contributed by atoms with van der Waals surface area (Å²) in [6.07, 6.45) is -0.849. The van der Waals surface area contributed by atoms with Gasteiger partial charge >= 0.3 is 0 Å². The van der Waals surface area contributed by atoms with Crippen LogP contribution >= 0.6 is 0 Å². The van der Waals surface area contributed by atoms with Gasteiger partial charge < -0.3 is 0 Å². The first kappa shape index (κ1) is 6.19. The van der Waals surface area contributed by atoms with Crippen LogP contribution in [0.2, 0.25) is 0 Å². The largest absolute Gasteiger partial charge is 0.292 e. The molecule has 0 saturated heterocycles. The second-order valence-corrected chi connectivity index (χ2v) is 1.83. The molecule has 0 spiro atoms. The molecule has 50 valence electrons. The number of aliphatic imine (C=N–C) groups is 1. The van der Waals surface area contributed by atoms with Crippen molar-refractivity contribution in [3.05, 3.63) is 11.5 Å². The van der Waals surface area contributed by atoms with Gasteiger partial charge in [0.2, 0.25) is 0 Å². The number of amidine groups is 1. The van der Waals surface area contributed by atoms with Gasteiger partial charge in [0.1, 0.15) is 0 Å². The molecular formula is C5H6F2N2. The summed E-state index contributed by atoms with van der Waals surface area (Å²) in [4.78, 5) is 3.30. The van der Waals surface area contributed by atoms with Crippen LogP contribution in [-0.4, -0.2) is 12.6 Å². The maximum Gasteiger partial charge on any atom is 0.284 e. The highest BCUT2D eigenvalue weighted by Gasteiger charge is 2.09. The van der Waals surface area contributed by atoms with Gasteiger partial charge in [0.15, 0.2) is 5.95 Å². The molecule has 0 atom stereocenters. The summed E-state index contributed by atoms with van der Waals surface area (Å²) in [7, 11) is 0. The van der Waals surface area contributed by atoms with E-state index in [4.69, 9.17) is 0 Å².